The number of alkyl halides is 3. The molecule has 1 N–H and O–H groups in total. The maximum absolute atomic E-state index is 12.7. The standard InChI is InChI=1S/C17H18F3NO2/c1-12(23-16-9-4-3-8-15(16)22-2)11-21-14-7-5-6-13(10-14)17(18,19)20/h3-10,12,21H,11H2,1-2H3. The first-order valence-corrected chi connectivity index (χ1v) is 7.11. The van der Waals surface area contributed by atoms with Crippen molar-refractivity contribution in [1.82, 2.24) is 0 Å². The van der Waals surface area contributed by atoms with Crippen LogP contribution in [0.3, 0.4) is 0 Å². The maximum Gasteiger partial charge on any atom is 0.416 e. The predicted molar refractivity (Wildman–Crippen MR) is 83.0 cm³/mol. The molecule has 1 unspecified atom stereocenters. The summed E-state index contributed by atoms with van der Waals surface area (Å²) >= 11 is 0. The van der Waals surface area contributed by atoms with Gasteiger partial charge in [-0.3, -0.25) is 0 Å². The lowest BCUT2D eigenvalue weighted by molar-refractivity contribution is -0.137. The lowest BCUT2D eigenvalue weighted by atomic mass is 10.2. The van der Waals surface area contributed by atoms with Gasteiger partial charge in [0.2, 0.25) is 0 Å². The third kappa shape index (κ3) is 4.81. The first-order valence-electron chi connectivity index (χ1n) is 7.11. The molecular formula is C17H18F3NO2. The van der Waals surface area contributed by atoms with Gasteiger partial charge < -0.3 is 14.8 Å². The van der Waals surface area contributed by atoms with Crippen molar-refractivity contribution >= 4 is 5.69 Å². The van der Waals surface area contributed by atoms with E-state index in [1.807, 2.05) is 19.1 Å². The van der Waals surface area contributed by atoms with Gasteiger partial charge in [-0.2, -0.15) is 13.2 Å². The van der Waals surface area contributed by atoms with Crippen molar-refractivity contribution in [3.05, 3.63) is 54.1 Å². The van der Waals surface area contributed by atoms with Crippen molar-refractivity contribution in [3.63, 3.8) is 0 Å². The topological polar surface area (TPSA) is 30.5 Å². The normalized spacial score (nSPS) is 12.6. The van der Waals surface area contributed by atoms with E-state index in [4.69, 9.17) is 9.47 Å². The van der Waals surface area contributed by atoms with Gasteiger partial charge in [-0.15, -0.1) is 0 Å². The number of ether oxygens (including phenoxy) is 2. The zero-order valence-corrected chi connectivity index (χ0v) is 12.9. The van der Waals surface area contributed by atoms with Crippen LogP contribution in [0.25, 0.3) is 0 Å². The summed E-state index contributed by atoms with van der Waals surface area (Å²) < 4.78 is 49.0. The summed E-state index contributed by atoms with van der Waals surface area (Å²) in [7, 11) is 1.55. The van der Waals surface area contributed by atoms with Crippen LogP contribution < -0.4 is 14.8 Å². The van der Waals surface area contributed by atoms with Crippen LogP contribution in [0, 0.1) is 0 Å². The van der Waals surface area contributed by atoms with Crippen LogP contribution in [0.4, 0.5) is 18.9 Å². The Morgan fingerprint density at radius 1 is 1.04 bits per heavy atom. The molecule has 2 aromatic rings. The van der Waals surface area contributed by atoms with Crippen molar-refractivity contribution in [2.75, 3.05) is 19.0 Å². The van der Waals surface area contributed by atoms with Gasteiger partial charge in [-0.05, 0) is 37.3 Å². The summed E-state index contributed by atoms with van der Waals surface area (Å²) in [5.74, 6) is 1.20. The summed E-state index contributed by atoms with van der Waals surface area (Å²) in [4.78, 5) is 0. The number of anilines is 1. The number of nitrogens with one attached hydrogen (secondary N) is 1. The fraction of sp³-hybridized carbons (Fsp3) is 0.294. The number of hydrogen-bond donors (Lipinski definition) is 1. The van der Waals surface area contributed by atoms with Gasteiger partial charge in [0, 0.05) is 5.69 Å². The molecule has 1 atom stereocenters. The van der Waals surface area contributed by atoms with Crippen molar-refractivity contribution in [1.29, 1.82) is 0 Å². The number of para-hydroxylation sites is 2. The molecule has 6 heteroatoms. The second kappa shape index (κ2) is 7.26. The highest BCUT2D eigenvalue weighted by atomic mass is 19.4. The third-order valence-electron chi connectivity index (χ3n) is 3.18. The van der Waals surface area contributed by atoms with Crippen LogP contribution >= 0.6 is 0 Å². The van der Waals surface area contributed by atoms with E-state index in [2.05, 4.69) is 5.32 Å². The summed E-state index contributed by atoms with van der Waals surface area (Å²) in [6, 6.07) is 12.3. The maximum atomic E-state index is 12.7. The second-order valence-corrected chi connectivity index (χ2v) is 5.04. The smallest absolute Gasteiger partial charge is 0.416 e. The first kappa shape index (κ1) is 17.0. The Hall–Kier alpha value is -2.37. The molecule has 0 amide bonds. The number of methoxy groups -OCH3 is 1. The first-order chi connectivity index (χ1) is 10.9. The summed E-state index contributed by atoms with van der Waals surface area (Å²) in [6.45, 7) is 2.19. The molecule has 0 radical (unpaired) electrons. The minimum absolute atomic E-state index is 0.249. The second-order valence-electron chi connectivity index (χ2n) is 5.04. The van der Waals surface area contributed by atoms with Crippen LogP contribution in [0.15, 0.2) is 48.5 Å². The Labute approximate surface area is 133 Å². The Balaban J connectivity index is 1.95. The number of rotatable bonds is 6. The molecule has 0 aliphatic rings. The highest BCUT2D eigenvalue weighted by molar-refractivity contribution is 5.46. The summed E-state index contributed by atoms with van der Waals surface area (Å²) in [6.07, 6.45) is -4.60. The Kier molecular flexibility index (Phi) is 5.36. The molecule has 0 saturated heterocycles. The number of hydrogen-bond acceptors (Lipinski definition) is 3. The highest BCUT2D eigenvalue weighted by Gasteiger charge is 2.30. The van der Waals surface area contributed by atoms with Crippen LogP contribution in [0.5, 0.6) is 11.5 Å². The molecule has 23 heavy (non-hydrogen) atoms. The lowest BCUT2D eigenvalue weighted by Gasteiger charge is -2.18. The molecule has 0 fully saturated rings. The summed E-state index contributed by atoms with van der Waals surface area (Å²) in [5.41, 5.74) is -0.281. The molecule has 0 aliphatic carbocycles. The van der Waals surface area contributed by atoms with Crippen LogP contribution in [0.1, 0.15) is 12.5 Å². The zero-order chi connectivity index (χ0) is 16.9. The van der Waals surface area contributed by atoms with Gasteiger partial charge >= 0.3 is 6.18 Å². The van der Waals surface area contributed by atoms with Gasteiger partial charge in [-0.25, -0.2) is 0 Å². The van der Waals surface area contributed by atoms with Gasteiger partial charge in [0.1, 0.15) is 6.10 Å². The Morgan fingerprint density at radius 2 is 1.74 bits per heavy atom. The predicted octanol–water partition coefficient (Wildman–Crippen LogP) is 4.59. The minimum atomic E-state index is -4.35. The van der Waals surface area contributed by atoms with E-state index in [1.165, 1.54) is 6.07 Å². The van der Waals surface area contributed by atoms with Gasteiger partial charge in [-0.1, -0.05) is 18.2 Å². The molecule has 2 rings (SSSR count). The average molecular weight is 325 g/mol. The monoisotopic (exact) mass is 325 g/mol. The zero-order valence-electron chi connectivity index (χ0n) is 12.9. The van der Waals surface area contributed by atoms with Crippen molar-refractivity contribution in [2.24, 2.45) is 0 Å². The fourth-order valence-corrected chi connectivity index (χ4v) is 2.04. The molecular weight excluding hydrogens is 307 g/mol. The van der Waals surface area contributed by atoms with Crippen LogP contribution in [-0.4, -0.2) is 19.8 Å². The van der Waals surface area contributed by atoms with E-state index in [0.717, 1.165) is 12.1 Å². The van der Waals surface area contributed by atoms with Crippen molar-refractivity contribution < 1.29 is 22.6 Å². The number of halogens is 3. The summed E-state index contributed by atoms with van der Waals surface area (Å²) in [5, 5.41) is 2.95. The molecule has 2 aromatic carbocycles. The lowest BCUT2D eigenvalue weighted by Crippen LogP contribution is -2.23. The quantitative estimate of drug-likeness (QED) is 0.842. The van der Waals surface area contributed by atoms with E-state index in [0.29, 0.717) is 23.7 Å². The van der Waals surface area contributed by atoms with Gasteiger partial charge in [0.25, 0.3) is 0 Å². The SMILES string of the molecule is COc1ccccc1OC(C)CNc1cccc(C(F)(F)F)c1. The van der Waals surface area contributed by atoms with E-state index in [1.54, 1.807) is 25.3 Å². The third-order valence-corrected chi connectivity index (χ3v) is 3.18. The fourth-order valence-electron chi connectivity index (χ4n) is 2.04. The van der Waals surface area contributed by atoms with Gasteiger partial charge in [0.15, 0.2) is 11.5 Å². The Morgan fingerprint density at radius 3 is 2.39 bits per heavy atom. The molecule has 0 aliphatic heterocycles. The number of benzene rings is 2. The van der Waals surface area contributed by atoms with Crippen molar-refractivity contribution in [3.8, 4) is 11.5 Å². The van der Waals surface area contributed by atoms with E-state index in [-0.39, 0.29) is 6.10 Å². The molecule has 0 aromatic heterocycles. The van der Waals surface area contributed by atoms with Crippen LogP contribution in [0.2, 0.25) is 0 Å². The van der Waals surface area contributed by atoms with Gasteiger partial charge in [0.05, 0.1) is 19.2 Å². The molecule has 0 bridgehead atoms. The average Bonchev–Trinajstić information content (AvgIpc) is 2.53. The largest absolute Gasteiger partial charge is 0.493 e. The van der Waals surface area contributed by atoms with E-state index in [9.17, 15) is 13.2 Å². The molecule has 0 saturated carbocycles. The molecule has 0 heterocycles. The highest BCUT2D eigenvalue weighted by Crippen LogP contribution is 2.31. The van der Waals surface area contributed by atoms with E-state index >= 15 is 0 Å². The minimum Gasteiger partial charge on any atom is -0.493 e. The van der Waals surface area contributed by atoms with Crippen LogP contribution in [-0.2, 0) is 6.18 Å². The molecule has 0 spiro atoms. The molecule has 3 nitrogen and oxygen atoms in total. The van der Waals surface area contributed by atoms with E-state index < -0.39 is 11.7 Å². The Bertz CT molecular complexity index is 644. The molecule has 124 valence electrons. The van der Waals surface area contributed by atoms with Crippen molar-refractivity contribution in [2.45, 2.75) is 19.2 Å².